The van der Waals surface area contributed by atoms with Crippen LogP contribution in [-0.2, 0) is 0 Å². The summed E-state index contributed by atoms with van der Waals surface area (Å²) in [6.45, 7) is 3.85. The number of likely N-dealkylation sites (N-methyl/N-ethyl adjacent to an activating group) is 1. The van der Waals surface area contributed by atoms with Crippen LogP contribution in [0.1, 0.15) is 28.8 Å². The topological polar surface area (TPSA) is 32.3 Å². The largest absolute Gasteiger partial charge is 0.340 e. The van der Waals surface area contributed by atoms with Gasteiger partial charge in [0.25, 0.3) is 5.91 Å². The van der Waals surface area contributed by atoms with Crippen molar-refractivity contribution in [1.29, 1.82) is 0 Å². The smallest absolute Gasteiger partial charge is 0.253 e. The molecule has 1 aliphatic rings. The second kappa shape index (κ2) is 5.85. The quantitative estimate of drug-likeness (QED) is 0.930. The van der Waals surface area contributed by atoms with E-state index in [0.29, 0.717) is 6.04 Å². The van der Waals surface area contributed by atoms with Gasteiger partial charge < -0.3 is 10.2 Å². The molecule has 4 heteroatoms. The molecule has 0 saturated carbocycles. The fourth-order valence-corrected chi connectivity index (χ4v) is 3.01. The van der Waals surface area contributed by atoms with Crippen molar-refractivity contribution in [1.82, 2.24) is 10.2 Å². The molecule has 3 nitrogen and oxygen atoms in total. The minimum atomic E-state index is 0.0908. The number of rotatable bonds is 3. The van der Waals surface area contributed by atoms with E-state index < -0.39 is 0 Å². The average Bonchev–Trinajstić information content (AvgIpc) is 2.79. The number of nitrogens with zero attached hydrogens (tertiary/aromatic N) is 1. The molecular weight excluding hydrogens is 292 g/mol. The Bertz CT molecular complexity index is 421. The molecule has 0 bridgehead atoms. The highest BCUT2D eigenvalue weighted by atomic mass is 79.9. The van der Waals surface area contributed by atoms with Crippen LogP contribution in [0.15, 0.2) is 22.7 Å². The lowest BCUT2D eigenvalue weighted by molar-refractivity contribution is 0.0783. The first-order valence-corrected chi connectivity index (χ1v) is 7.11. The number of aryl methyl sites for hydroxylation is 1. The lowest BCUT2D eigenvalue weighted by atomic mass is 10.1. The van der Waals surface area contributed by atoms with Crippen molar-refractivity contribution in [2.45, 2.75) is 25.8 Å². The van der Waals surface area contributed by atoms with Crippen molar-refractivity contribution in [2.24, 2.45) is 0 Å². The van der Waals surface area contributed by atoms with Crippen molar-refractivity contribution < 1.29 is 4.79 Å². The highest BCUT2D eigenvalue weighted by Gasteiger charge is 2.19. The van der Waals surface area contributed by atoms with Gasteiger partial charge in [-0.2, -0.15) is 0 Å². The summed E-state index contributed by atoms with van der Waals surface area (Å²) in [6.07, 6.45) is 2.37. The summed E-state index contributed by atoms with van der Waals surface area (Å²) in [5, 5.41) is 3.41. The van der Waals surface area contributed by atoms with Gasteiger partial charge in [0.1, 0.15) is 0 Å². The summed E-state index contributed by atoms with van der Waals surface area (Å²) in [5.41, 5.74) is 1.85. The molecule has 1 atom stereocenters. The molecule has 0 aromatic heterocycles. The van der Waals surface area contributed by atoms with Gasteiger partial charge in [0.15, 0.2) is 0 Å². The molecule has 1 N–H and O–H groups in total. The molecule has 0 spiro atoms. The molecule has 0 radical (unpaired) electrons. The van der Waals surface area contributed by atoms with Crippen LogP contribution in [0.25, 0.3) is 0 Å². The van der Waals surface area contributed by atoms with Crippen molar-refractivity contribution in [3.63, 3.8) is 0 Å². The van der Waals surface area contributed by atoms with E-state index in [1.54, 1.807) is 0 Å². The van der Waals surface area contributed by atoms with E-state index in [0.717, 1.165) is 35.1 Å². The maximum absolute atomic E-state index is 12.3. The third-order valence-corrected chi connectivity index (χ3v) is 3.75. The standard InChI is InChI=1S/C14H19BrN2O/c1-10-6-11(8-12(15)7-10)14(18)17(2)9-13-4-3-5-16-13/h6-8,13,16H,3-5,9H2,1-2H3. The fraction of sp³-hybridized carbons (Fsp3) is 0.500. The first-order valence-electron chi connectivity index (χ1n) is 6.32. The molecule has 1 aliphatic heterocycles. The predicted molar refractivity (Wildman–Crippen MR) is 76.9 cm³/mol. The van der Waals surface area contributed by atoms with E-state index >= 15 is 0 Å². The Kier molecular flexibility index (Phi) is 4.40. The second-order valence-corrected chi connectivity index (χ2v) is 5.91. The van der Waals surface area contributed by atoms with Crippen molar-refractivity contribution >= 4 is 21.8 Å². The van der Waals surface area contributed by atoms with Crippen LogP contribution in [0.2, 0.25) is 0 Å². The highest BCUT2D eigenvalue weighted by Crippen LogP contribution is 2.17. The lowest BCUT2D eigenvalue weighted by Gasteiger charge is -2.21. The average molecular weight is 311 g/mol. The van der Waals surface area contributed by atoms with E-state index in [1.807, 2.05) is 37.1 Å². The van der Waals surface area contributed by atoms with Crippen LogP contribution < -0.4 is 5.32 Å². The fourth-order valence-electron chi connectivity index (χ4n) is 2.41. The maximum Gasteiger partial charge on any atom is 0.253 e. The summed E-state index contributed by atoms with van der Waals surface area (Å²) in [5.74, 6) is 0.0908. The Labute approximate surface area is 117 Å². The molecule has 1 aromatic rings. The molecule has 1 unspecified atom stereocenters. The maximum atomic E-state index is 12.3. The van der Waals surface area contributed by atoms with E-state index in [2.05, 4.69) is 21.2 Å². The number of halogens is 1. The van der Waals surface area contributed by atoms with Crippen LogP contribution in [0.3, 0.4) is 0 Å². The van der Waals surface area contributed by atoms with Crippen molar-refractivity contribution in [2.75, 3.05) is 20.1 Å². The van der Waals surface area contributed by atoms with Crippen molar-refractivity contribution in [3.05, 3.63) is 33.8 Å². The van der Waals surface area contributed by atoms with Gasteiger partial charge in [0, 0.05) is 29.7 Å². The number of hydrogen-bond donors (Lipinski definition) is 1. The van der Waals surface area contributed by atoms with E-state index in [9.17, 15) is 4.79 Å². The molecular formula is C14H19BrN2O. The Balaban J connectivity index is 2.04. The zero-order chi connectivity index (χ0) is 13.1. The molecule has 1 fully saturated rings. The van der Waals surface area contributed by atoms with Crippen LogP contribution >= 0.6 is 15.9 Å². The first kappa shape index (κ1) is 13.6. The third kappa shape index (κ3) is 3.33. The van der Waals surface area contributed by atoms with Crippen LogP contribution in [-0.4, -0.2) is 37.0 Å². The summed E-state index contributed by atoms with van der Waals surface area (Å²) in [4.78, 5) is 14.1. The summed E-state index contributed by atoms with van der Waals surface area (Å²) < 4.78 is 0.957. The zero-order valence-corrected chi connectivity index (χ0v) is 12.5. The van der Waals surface area contributed by atoms with Gasteiger partial charge in [-0.15, -0.1) is 0 Å². The van der Waals surface area contributed by atoms with E-state index in [-0.39, 0.29) is 5.91 Å². The minimum Gasteiger partial charge on any atom is -0.340 e. The number of amides is 1. The number of hydrogen-bond acceptors (Lipinski definition) is 2. The zero-order valence-electron chi connectivity index (χ0n) is 10.9. The van der Waals surface area contributed by atoms with Crippen LogP contribution in [0.5, 0.6) is 0 Å². The predicted octanol–water partition coefficient (Wildman–Crippen LogP) is 2.58. The Hall–Kier alpha value is -0.870. The SMILES string of the molecule is Cc1cc(Br)cc(C(=O)N(C)CC2CCCN2)c1. The number of nitrogens with one attached hydrogen (secondary N) is 1. The molecule has 1 aromatic carbocycles. The normalized spacial score (nSPS) is 18.9. The van der Waals surface area contributed by atoms with E-state index in [4.69, 9.17) is 0 Å². The number of carbonyl (C=O) groups is 1. The minimum absolute atomic E-state index is 0.0908. The Morgan fingerprint density at radius 1 is 1.50 bits per heavy atom. The summed E-state index contributed by atoms with van der Waals surface area (Å²) in [7, 11) is 1.87. The van der Waals surface area contributed by atoms with Gasteiger partial charge in [-0.3, -0.25) is 4.79 Å². The second-order valence-electron chi connectivity index (χ2n) is 5.00. The molecule has 1 heterocycles. The molecule has 1 saturated heterocycles. The molecule has 98 valence electrons. The summed E-state index contributed by atoms with van der Waals surface area (Å²) in [6, 6.07) is 6.28. The van der Waals surface area contributed by atoms with Gasteiger partial charge >= 0.3 is 0 Å². The van der Waals surface area contributed by atoms with Gasteiger partial charge in [-0.1, -0.05) is 15.9 Å². The molecule has 18 heavy (non-hydrogen) atoms. The van der Waals surface area contributed by atoms with Gasteiger partial charge in [0.05, 0.1) is 0 Å². The monoisotopic (exact) mass is 310 g/mol. The summed E-state index contributed by atoms with van der Waals surface area (Å²) >= 11 is 3.44. The Morgan fingerprint density at radius 2 is 2.28 bits per heavy atom. The van der Waals surface area contributed by atoms with E-state index in [1.165, 1.54) is 6.42 Å². The molecule has 0 aliphatic carbocycles. The Morgan fingerprint density at radius 3 is 2.89 bits per heavy atom. The number of benzene rings is 1. The lowest BCUT2D eigenvalue weighted by Crippen LogP contribution is -2.38. The third-order valence-electron chi connectivity index (χ3n) is 3.29. The van der Waals surface area contributed by atoms with Crippen molar-refractivity contribution in [3.8, 4) is 0 Å². The highest BCUT2D eigenvalue weighted by molar-refractivity contribution is 9.10. The van der Waals surface area contributed by atoms with Gasteiger partial charge in [0.2, 0.25) is 0 Å². The molecule has 2 rings (SSSR count). The van der Waals surface area contributed by atoms with Gasteiger partial charge in [-0.05, 0) is 50.1 Å². The first-order chi connectivity index (χ1) is 8.56. The van der Waals surface area contributed by atoms with Crippen LogP contribution in [0.4, 0.5) is 0 Å². The molecule has 1 amide bonds. The van der Waals surface area contributed by atoms with Crippen LogP contribution in [0, 0.1) is 6.92 Å². The number of carbonyl (C=O) groups excluding carboxylic acids is 1. The van der Waals surface area contributed by atoms with Gasteiger partial charge in [-0.25, -0.2) is 0 Å².